The van der Waals surface area contributed by atoms with Crippen molar-refractivity contribution in [2.45, 2.75) is 20.3 Å². The number of anilines is 2. The van der Waals surface area contributed by atoms with E-state index < -0.39 is 0 Å². The molecule has 1 rings (SSSR count). The van der Waals surface area contributed by atoms with Gasteiger partial charge >= 0.3 is 0 Å². The summed E-state index contributed by atoms with van der Waals surface area (Å²) in [5, 5.41) is 3.27. The Kier molecular flexibility index (Phi) is 5.22. The third-order valence-electron chi connectivity index (χ3n) is 2.83. The van der Waals surface area contributed by atoms with Crippen LogP contribution in [0.1, 0.15) is 20.3 Å². The Balaban J connectivity index is 2.62. The van der Waals surface area contributed by atoms with Crippen molar-refractivity contribution in [1.82, 2.24) is 4.98 Å². The number of aromatic nitrogens is 1. The van der Waals surface area contributed by atoms with E-state index in [0.717, 1.165) is 19.6 Å². The summed E-state index contributed by atoms with van der Waals surface area (Å²) in [6, 6.07) is 3.53. The predicted molar refractivity (Wildman–Crippen MR) is 74.0 cm³/mol. The average Bonchev–Trinajstić information content (AvgIpc) is 2.35. The van der Waals surface area contributed by atoms with Gasteiger partial charge in [0.1, 0.15) is 0 Å². The summed E-state index contributed by atoms with van der Waals surface area (Å²) in [4.78, 5) is 4.28. The second-order valence-electron chi connectivity index (χ2n) is 5.05. The smallest absolute Gasteiger partial charge is 0.215 e. The zero-order valence-corrected chi connectivity index (χ0v) is 11.6. The third-order valence-corrected chi connectivity index (χ3v) is 2.83. The first-order valence-electron chi connectivity index (χ1n) is 6.02. The van der Waals surface area contributed by atoms with Crippen LogP contribution in [0, 0.1) is 5.41 Å². The van der Waals surface area contributed by atoms with Crippen LogP contribution in [0.4, 0.5) is 11.5 Å². The minimum Gasteiger partial charge on any atom is -0.481 e. The van der Waals surface area contributed by atoms with Gasteiger partial charge in [-0.05, 0) is 17.9 Å². The first kappa shape index (κ1) is 14.6. The van der Waals surface area contributed by atoms with Crippen molar-refractivity contribution >= 4 is 11.5 Å². The van der Waals surface area contributed by atoms with E-state index in [-0.39, 0.29) is 5.41 Å². The first-order valence-corrected chi connectivity index (χ1v) is 6.02. The summed E-state index contributed by atoms with van der Waals surface area (Å²) in [6.45, 7) is 5.88. The number of hydrogen-bond acceptors (Lipinski definition) is 5. The summed E-state index contributed by atoms with van der Waals surface area (Å²) < 4.78 is 10.2. The molecule has 0 atom stereocenters. The van der Waals surface area contributed by atoms with Crippen LogP contribution in [-0.4, -0.2) is 32.4 Å². The number of methoxy groups -OCH3 is 2. The number of ether oxygens (including phenoxy) is 2. The van der Waals surface area contributed by atoms with Gasteiger partial charge in [0, 0.05) is 26.3 Å². The molecule has 0 bridgehead atoms. The molecule has 1 aromatic heterocycles. The fourth-order valence-electron chi connectivity index (χ4n) is 1.50. The van der Waals surface area contributed by atoms with Gasteiger partial charge in [0.25, 0.3) is 0 Å². The number of nitrogens with two attached hydrogens (primary N) is 1. The summed E-state index contributed by atoms with van der Waals surface area (Å²) in [5.74, 6) is 1.22. The van der Waals surface area contributed by atoms with Crippen LogP contribution in [0.5, 0.6) is 5.88 Å². The topological polar surface area (TPSA) is 69.4 Å². The predicted octanol–water partition coefficient (Wildman–Crippen LogP) is 2.15. The summed E-state index contributed by atoms with van der Waals surface area (Å²) in [6.07, 6.45) is 0.973. The number of nitrogen functional groups attached to an aromatic ring is 1. The average molecular weight is 253 g/mol. The van der Waals surface area contributed by atoms with Gasteiger partial charge in [-0.2, -0.15) is 4.98 Å². The van der Waals surface area contributed by atoms with E-state index in [0.29, 0.717) is 17.4 Å². The van der Waals surface area contributed by atoms with Gasteiger partial charge in [-0.15, -0.1) is 0 Å². The van der Waals surface area contributed by atoms with Crippen molar-refractivity contribution in [1.29, 1.82) is 0 Å². The Morgan fingerprint density at radius 3 is 2.67 bits per heavy atom. The lowest BCUT2D eigenvalue weighted by Crippen LogP contribution is -2.25. The molecule has 3 N–H and O–H groups in total. The van der Waals surface area contributed by atoms with E-state index >= 15 is 0 Å². The Labute approximate surface area is 109 Å². The molecule has 0 spiro atoms. The second kappa shape index (κ2) is 6.44. The SMILES string of the molecule is COCCC(C)(C)CNc1nc(OC)ccc1N. The van der Waals surface area contributed by atoms with Gasteiger partial charge < -0.3 is 20.5 Å². The monoisotopic (exact) mass is 253 g/mol. The molecule has 5 heteroatoms. The van der Waals surface area contributed by atoms with Crippen LogP contribution in [0.3, 0.4) is 0 Å². The Morgan fingerprint density at radius 2 is 2.06 bits per heavy atom. The highest BCUT2D eigenvalue weighted by Gasteiger charge is 2.18. The molecule has 0 unspecified atom stereocenters. The van der Waals surface area contributed by atoms with Crippen molar-refractivity contribution in [3.05, 3.63) is 12.1 Å². The molecule has 0 saturated heterocycles. The number of hydrogen-bond donors (Lipinski definition) is 2. The zero-order valence-electron chi connectivity index (χ0n) is 11.6. The van der Waals surface area contributed by atoms with Crippen molar-refractivity contribution in [3.8, 4) is 5.88 Å². The molecule has 1 heterocycles. The van der Waals surface area contributed by atoms with E-state index in [9.17, 15) is 0 Å². The largest absolute Gasteiger partial charge is 0.481 e. The van der Waals surface area contributed by atoms with Crippen LogP contribution in [0.2, 0.25) is 0 Å². The Bertz CT molecular complexity index is 380. The Morgan fingerprint density at radius 1 is 1.33 bits per heavy atom. The van der Waals surface area contributed by atoms with Crippen molar-refractivity contribution in [2.75, 3.05) is 38.4 Å². The lowest BCUT2D eigenvalue weighted by Gasteiger charge is -2.25. The summed E-state index contributed by atoms with van der Waals surface area (Å²) in [7, 11) is 3.30. The van der Waals surface area contributed by atoms with Crippen LogP contribution in [0.15, 0.2) is 12.1 Å². The second-order valence-corrected chi connectivity index (χ2v) is 5.05. The van der Waals surface area contributed by atoms with Crippen LogP contribution >= 0.6 is 0 Å². The van der Waals surface area contributed by atoms with E-state index in [4.69, 9.17) is 15.2 Å². The molecule has 0 fully saturated rings. The molecule has 102 valence electrons. The standard InChI is InChI=1S/C13H23N3O2/c1-13(2,7-8-17-3)9-15-12-10(14)5-6-11(16-12)18-4/h5-6H,7-9,14H2,1-4H3,(H,15,16). The molecular weight excluding hydrogens is 230 g/mol. The molecule has 0 radical (unpaired) electrons. The number of nitrogens with zero attached hydrogens (tertiary/aromatic N) is 1. The van der Waals surface area contributed by atoms with E-state index in [2.05, 4.69) is 24.1 Å². The maximum absolute atomic E-state index is 5.87. The van der Waals surface area contributed by atoms with Gasteiger partial charge in [0.05, 0.1) is 12.8 Å². The van der Waals surface area contributed by atoms with Gasteiger partial charge in [0.2, 0.25) is 5.88 Å². The van der Waals surface area contributed by atoms with Crippen molar-refractivity contribution in [2.24, 2.45) is 5.41 Å². The molecule has 1 aromatic rings. The Hall–Kier alpha value is -1.49. The summed E-state index contributed by atoms with van der Waals surface area (Å²) >= 11 is 0. The maximum atomic E-state index is 5.87. The normalized spacial score (nSPS) is 11.3. The molecular formula is C13H23N3O2. The van der Waals surface area contributed by atoms with Gasteiger partial charge in [0.15, 0.2) is 5.82 Å². The highest BCUT2D eigenvalue weighted by molar-refractivity contribution is 5.61. The minimum absolute atomic E-state index is 0.118. The first-order chi connectivity index (χ1) is 8.48. The van der Waals surface area contributed by atoms with Crippen LogP contribution in [0.25, 0.3) is 0 Å². The number of nitrogens with one attached hydrogen (secondary N) is 1. The molecule has 0 aliphatic rings. The lowest BCUT2D eigenvalue weighted by molar-refractivity contribution is 0.157. The van der Waals surface area contributed by atoms with Gasteiger partial charge in [-0.1, -0.05) is 13.8 Å². The molecule has 5 nitrogen and oxygen atoms in total. The van der Waals surface area contributed by atoms with E-state index in [1.165, 1.54) is 0 Å². The molecule has 0 aromatic carbocycles. The lowest BCUT2D eigenvalue weighted by atomic mass is 9.90. The molecule has 0 saturated carbocycles. The van der Waals surface area contributed by atoms with Crippen LogP contribution in [-0.2, 0) is 4.74 Å². The minimum atomic E-state index is 0.118. The van der Waals surface area contributed by atoms with Gasteiger partial charge in [-0.25, -0.2) is 0 Å². The molecule has 0 aliphatic heterocycles. The zero-order chi connectivity index (χ0) is 13.6. The quantitative estimate of drug-likeness (QED) is 0.779. The summed E-state index contributed by atoms with van der Waals surface area (Å²) in [5.41, 5.74) is 6.61. The number of pyridine rings is 1. The van der Waals surface area contributed by atoms with Gasteiger partial charge in [-0.3, -0.25) is 0 Å². The van der Waals surface area contributed by atoms with E-state index in [1.54, 1.807) is 26.4 Å². The third kappa shape index (κ3) is 4.41. The fraction of sp³-hybridized carbons (Fsp3) is 0.615. The van der Waals surface area contributed by atoms with E-state index in [1.807, 2.05) is 0 Å². The number of rotatable bonds is 7. The maximum Gasteiger partial charge on any atom is 0.215 e. The molecule has 0 amide bonds. The highest BCUT2D eigenvalue weighted by atomic mass is 16.5. The van der Waals surface area contributed by atoms with Crippen molar-refractivity contribution < 1.29 is 9.47 Å². The highest BCUT2D eigenvalue weighted by Crippen LogP contribution is 2.24. The van der Waals surface area contributed by atoms with Crippen LogP contribution < -0.4 is 15.8 Å². The fourth-order valence-corrected chi connectivity index (χ4v) is 1.50. The molecule has 18 heavy (non-hydrogen) atoms. The van der Waals surface area contributed by atoms with Crippen molar-refractivity contribution in [3.63, 3.8) is 0 Å². The molecule has 0 aliphatic carbocycles.